The fraction of sp³-hybridized carbons (Fsp3) is 0.474. The van der Waals surface area contributed by atoms with E-state index in [4.69, 9.17) is 4.42 Å². The van der Waals surface area contributed by atoms with Crippen LogP contribution in [-0.2, 0) is 11.2 Å². The van der Waals surface area contributed by atoms with Gasteiger partial charge in [-0.3, -0.25) is 4.79 Å². The Morgan fingerprint density at radius 1 is 1.23 bits per heavy atom. The van der Waals surface area contributed by atoms with E-state index in [9.17, 15) is 4.79 Å². The van der Waals surface area contributed by atoms with Crippen LogP contribution in [0.1, 0.15) is 30.8 Å². The zero-order valence-electron chi connectivity index (χ0n) is 15.2. The third-order valence-corrected chi connectivity index (χ3v) is 4.68. The largest absolute Gasteiger partial charge is 0.440 e. The van der Waals surface area contributed by atoms with Crippen molar-refractivity contribution in [1.29, 1.82) is 0 Å². The Balaban J connectivity index is 0.00000169. The number of halogens is 2. The Morgan fingerprint density at radius 3 is 2.54 bits per heavy atom. The van der Waals surface area contributed by atoms with Gasteiger partial charge in [-0.15, -0.1) is 24.8 Å². The van der Waals surface area contributed by atoms with Crippen molar-refractivity contribution in [2.45, 2.75) is 38.6 Å². The Morgan fingerprint density at radius 2 is 1.88 bits per heavy atom. The van der Waals surface area contributed by atoms with Gasteiger partial charge < -0.3 is 14.6 Å². The first-order chi connectivity index (χ1) is 11.6. The number of aryl methyl sites for hydroxylation is 2. The number of hydrogen-bond acceptors (Lipinski definition) is 4. The molecule has 1 aliphatic heterocycles. The van der Waals surface area contributed by atoms with Crippen LogP contribution in [0.4, 0.5) is 0 Å². The fourth-order valence-electron chi connectivity index (χ4n) is 3.20. The summed E-state index contributed by atoms with van der Waals surface area (Å²) in [5, 5.41) is 3.33. The van der Waals surface area contributed by atoms with Gasteiger partial charge in [0.1, 0.15) is 0 Å². The van der Waals surface area contributed by atoms with Gasteiger partial charge in [-0.05, 0) is 32.9 Å². The molecule has 0 radical (unpaired) electrons. The molecule has 1 aliphatic rings. The molecule has 7 heteroatoms. The monoisotopic (exact) mass is 399 g/mol. The number of nitrogens with one attached hydrogen (secondary N) is 1. The van der Waals surface area contributed by atoms with E-state index in [2.05, 4.69) is 10.3 Å². The summed E-state index contributed by atoms with van der Waals surface area (Å²) in [6, 6.07) is 10.3. The van der Waals surface area contributed by atoms with Crippen LogP contribution >= 0.6 is 24.8 Å². The minimum Gasteiger partial charge on any atom is -0.440 e. The van der Waals surface area contributed by atoms with Crippen molar-refractivity contribution in [3.05, 3.63) is 41.9 Å². The summed E-state index contributed by atoms with van der Waals surface area (Å²) >= 11 is 0. The summed E-state index contributed by atoms with van der Waals surface area (Å²) in [7, 11) is 1.91. The molecule has 0 unspecified atom stereocenters. The van der Waals surface area contributed by atoms with Crippen molar-refractivity contribution in [2.75, 3.05) is 20.1 Å². The van der Waals surface area contributed by atoms with Gasteiger partial charge in [-0.1, -0.05) is 30.3 Å². The maximum absolute atomic E-state index is 12.4. The van der Waals surface area contributed by atoms with Crippen LogP contribution < -0.4 is 5.32 Å². The molecular formula is C19H27Cl2N3O2. The predicted octanol–water partition coefficient (Wildman–Crippen LogP) is 3.64. The molecule has 1 N–H and O–H groups in total. The van der Waals surface area contributed by atoms with Crippen LogP contribution in [-0.4, -0.2) is 42.0 Å². The summed E-state index contributed by atoms with van der Waals surface area (Å²) in [4.78, 5) is 18.8. The van der Waals surface area contributed by atoms with Crippen molar-refractivity contribution in [3.8, 4) is 11.3 Å². The highest BCUT2D eigenvalue weighted by Gasteiger charge is 2.22. The summed E-state index contributed by atoms with van der Waals surface area (Å²) in [5.74, 6) is 1.60. The number of piperidine rings is 1. The summed E-state index contributed by atoms with van der Waals surface area (Å²) in [5.41, 5.74) is 1.89. The van der Waals surface area contributed by atoms with Crippen LogP contribution in [0.25, 0.3) is 11.3 Å². The van der Waals surface area contributed by atoms with E-state index in [0.717, 1.165) is 42.9 Å². The third kappa shape index (κ3) is 5.47. The van der Waals surface area contributed by atoms with E-state index in [-0.39, 0.29) is 30.7 Å². The first-order valence-corrected chi connectivity index (χ1v) is 8.63. The molecule has 2 aromatic rings. The number of hydrogen-bond donors (Lipinski definition) is 1. The zero-order valence-corrected chi connectivity index (χ0v) is 16.9. The molecule has 2 heterocycles. The second-order valence-electron chi connectivity index (χ2n) is 6.37. The molecule has 0 saturated carbocycles. The average molecular weight is 400 g/mol. The van der Waals surface area contributed by atoms with Crippen molar-refractivity contribution in [3.63, 3.8) is 0 Å². The first kappa shape index (κ1) is 22.5. The molecule has 1 aromatic carbocycles. The van der Waals surface area contributed by atoms with Gasteiger partial charge in [0.2, 0.25) is 5.91 Å². The Bertz CT molecular complexity index is 685. The molecule has 1 amide bonds. The van der Waals surface area contributed by atoms with Crippen molar-refractivity contribution < 1.29 is 9.21 Å². The highest BCUT2D eigenvalue weighted by Crippen LogP contribution is 2.24. The number of benzene rings is 1. The van der Waals surface area contributed by atoms with E-state index in [1.807, 2.05) is 49.2 Å². The quantitative estimate of drug-likeness (QED) is 0.833. The SMILES string of the molecule is Cc1nc(CCC(=O)N(C)C2CCNCC2)oc1-c1ccccc1.Cl.Cl. The van der Waals surface area contributed by atoms with Crippen LogP contribution in [0.5, 0.6) is 0 Å². The normalized spacial score (nSPS) is 14.2. The van der Waals surface area contributed by atoms with Gasteiger partial charge in [0.25, 0.3) is 0 Å². The number of aromatic nitrogens is 1. The van der Waals surface area contributed by atoms with Crippen LogP contribution in [0.15, 0.2) is 34.7 Å². The van der Waals surface area contributed by atoms with Gasteiger partial charge in [0, 0.05) is 31.5 Å². The lowest BCUT2D eigenvalue weighted by Gasteiger charge is -2.31. The van der Waals surface area contributed by atoms with Crippen molar-refractivity contribution >= 4 is 30.7 Å². The van der Waals surface area contributed by atoms with Gasteiger partial charge >= 0.3 is 0 Å². The lowest BCUT2D eigenvalue weighted by molar-refractivity contribution is -0.132. The lowest BCUT2D eigenvalue weighted by Crippen LogP contribution is -2.44. The standard InChI is InChI=1S/C19H25N3O2.2ClH/c1-14-19(15-6-4-3-5-7-15)24-17(21-14)8-9-18(23)22(2)16-10-12-20-13-11-16;;/h3-7,16,20H,8-13H2,1-2H3;2*1H. The van der Waals surface area contributed by atoms with Gasteiger partial charge in [-0.25, -0.2) is 4.98 Å². The summed E-state index contributed by atoms with van der Waals surface area (Å²) < 4.78 is 5.88. The van der Waals surface area contributed by atoms with Crippen LogP contribution in [0, 0.1) is 6.92 Å². The number of rotatable bonds is 5. The molecule has 1 saturated heterocycles. The molecular weight excluding hydrogens is 373 g/mol. The van der Waals surface area contributed by atoms with Crippen molar-refractivity contribution in [1.82, 2.24) is 15.2 Å². The Hall–Kier alpha value is -1.56. The summed E-state index contributed by atoms with van der Waals surface area (Å²) in [6.45, 7) is 3.92. The van der Waals surface area contributed by atoms with Gasteiger partial charge in [0.05, 0.1) is 5.69 Å². The number of amides is 1. The molecule has 144 valence electrons. The van der Waals surface area contributed by atoms with Gasteiger partial charge in [0.15, 0.2) is 11.7 Å². The summed E-state index contributed by atoms with van der Waals surface area (Å²) in [6.07, 6.45) is 3.04. The zero-order chi connectivity index (χ0) is 16.9. The number of carbonyl (C=O) groups is 1. The maximum atomic E-state index is 12.4. The van der Waals surface area contributed by atoms with Crippen LogP contribution in [0.2, 0.25) is 0 Å². The van der Waals surface area contributed by atoms with E-state index in [0.29, 0.717) is 24.8 Å². The van der Waals surface area contributed by atoms with E-state index >= 15 is 0 Å². The predicted molar refractivity (Wildman–Crippen MR) is 108 cm³/mol. The number of nitrogens with zero attached hydrogens (tertiary/aromatic N) is 2. The second-order valence-corrected chi connectivity index (χ2v) is 6.37. The molecule has 26 heavy (non-hydrogen) atoms. The first-order valence-electron chi connectivity index (χ1n) is 8.63. The Kier molecular flexibility index (Phi) is 9.13. The van der Waals surface area contributed by atoms with Crippen LogP contribution in [0.3, 0.4) is 0 Å². The number of carbonyl (C=O) groups excluding carboxylic acids is 1. The topological polar surface area (TPSA) is 58.4 Å². The van der Waals surface area contributed by atoms with Gasteiger partial charge in [-0.2, -0.15) is 0 Å². The lowest BCUT2D eigenvalue weighted by atomic mass is 10.0. The molecule has 0 spiro atoms. The third-order valence-electron chi connectivity index (χ3n) is 4.68. The number of oxazole rings is 1. The maximum Gasteiger partial charge on any atom is 0.223 e. The minimum absolute atomic E-state index is 0. The Labute approximate surface area is 167 Å². The average Bonchev–Trinajstić information content (AvgIpc) is 3.01. The molecule has 1 fully saturated rings. The molecule has 1 aromatic heterocycles. The molecule has 3 rings (SSSR count). The molecule has 5 nitrogen and oxygen atoms in total. The molecule has 0 aliphatic carbocycles. The van der Waals surface area contributed by atoms with E-state index < -0.39 is 0 Å². The highest BCUT2D eigenvalue weighted by molar-refractivity contribution is 5.85. The minimum atomic E-state index is 0. The van der Waals surface area contributed by atoms with E-state index in [1.165, 1.54) is 0 Å². The van der Waals surface area contributed by atoms with Crippen molar-refractivity contribution in [2.24, 2.45) is 0 Å². The van der Waals surface area contributed by atoms with E-state index in [1.54, 1.807) is 0 Å². The molecule has 0 atom stereocenters. The molecule has 0 bridgehead atoms. The smallest absolute Gasteiger partial charge is 0.223 e. The fourth-order valence-corrected chi connectivity index (χ4v) is 3.20. The highest BCUT2D eigenvalue weighted by atomic mass is 35.5. The second kappa shape index (κ2) is 10.6.